The number of anilines is 1. The number of hydrogen-bond acceptors (Lipinski definition) is 5. The Morgan fingerprint density at radius 3 is 2.19 bits per heavy atom. The molecule has 1 atom stereocenters. The van der Waals surface area contributed by atoms with Gasteiger partial charge in [0, 0.05) is 28.7 Å². The zero-order valence-electron chi connectivity index (χ0n) is 21.0. The van der Waals surface area contributed by atoms with E-state index in [2.05, 4.69) is 5.32 Å². The van der Waals surface area contributed by atoms with Crippen LogP contribution >= 0.6 is 23.2 Å². The third-order valence-electron chi connectivity index (χ3n) is 5.50. The molecule has 36 heavy (non-hydrogen) atoms. The van der Waals surface area contributed by atoms with Gasteiger partial charge in [-0.3, -0.25) is 13.9 Å². The third kappa shape index (κ3) is 8.28. The number of benzene rings is 2. The van der Waals surface area contributed by atoms with Gasteiger partial charge in [0.15, 0.2) is 0 Å². The number of nitrogens with one attached hydrogen (secondary N) is 1. The maximum Gasteiger partial charge on any atom is 0.244 e. The number of carbonyl (C=O) groups excluding carboxylic acids is 2. The molecular formula is C25H33Cl2N3O5S. The number of amides is 2. The second kappa shape index (κ2) is 13.7. The van der Waals surface area contributed by atoms with E-state index in [1.807, 2.05) is 13.8 Å². The Balaban J connectivity index is 2.39. The predicted octanol–water partition coefficient (Wildman–Crippen LogP) is 4.49. The molecule has 0 radical (unpaired) electrons. The summed E-state index contributed by atoms with van der Waals surface area (Å²) < 4.78 is 31.7. The van der Waals surface area contributed by atoms with Crippen LogP contribution in [0.5, 0.6) is 5.75 Å². The van der Waals surface area contributed by atoms with Gasteiger partial charge in [-0.1, -0.05) is 42.6 Å². The lowest BCUT2D eigenvalue weighted by Crippen LogP contribution is -2.51. The number of rotatable bonds is 13. The first-order valence-electron chi connectivity index (χ1n) is 11.7. The number of ether oxygens (including phenoxy) is 1. The van der Waals surface area contributed by atoms with E-state index in [-0.39, 0.29) is 12.5 Å². The highest BCUT2D eigenvalue weighted by Crippen LogP contribution is 2.27. The lowest BCUT2D eigenvalue weighted by Gasteiger charge is -2.32. The molecule has 2 aromatic rings. The van der Waals surface area contributed by atoms with E-state index in [1.54, 1.807) is 49.4 Å². The van der Waals surface area contributed by atoms with Gasteiger partial charge in [-0.15, -0.1) is 0 Å². The Morgan fingerprint density at radius 2 is 1.67 bits per heavy atom. The summed E-state index contributed by atoms with van der Waals surface area (Å²) in [5, 5.41) is 3.50. The summed E-state index contributed by atoms with van der Waals surface area (Å²) in [6.45, 7) is 5.79. The molecule has 0 unspecified atom stereocenters. The smallest absolute Gasteiger partial charge is 0.244 e. The molecule has 1 N–H and O–H groups in total. The molecule has 0 aliphatic carbocycles. The molecule has 0 fully saturated rings. The Labute approximate surface area is 223 Å². The summed E-state index contributed by atoms with van der Waals surface area (Å²) in [4.78, 5) is 27.7. The van der Waals surface area contributed by atoms with E-state index >= 15 is 0 Å². The van der Waals surface area contributed by atoms with Crippen molar-refractivity contribution >= 4 is 50.7 Å². The van der Waals surface area contributed by atoms with Gasteiger partial charge >= 0.3 is 0 Å². The molecule has 0 aliphatic heterocycles. The molecule has 0 bridgehead atoms. The lowest BCUT2D eigenvalue weighted by molar-refractivity contribution is -0.139. The van der Waals surface area contributed by atoms with Crippen molar-refractivity contribution in [3.8, 4) is 5.75 Å². The van der Waals surface area contributed by atoms with Gasteiger partial charge in [0.25, 0.3) is 0 Å². The number of halogens is 2. The van der Waals surface area contributed by atoms with Crippen LogP contribution in [0.1, 0.15) is 39.2 Å². The van der Waals surface area contributed by atoms with Crippen molar-refractivity contribution < 1.29 is 22.7 Å². The zero-order valence-corrected chi connectivity index (χ0v) is 23.3. The van der Waals surface area contributed by atoms with Gasteiger partial charge in [-0.05, 0) is 56.7 Å². The van der Waals surface area contributed by atoms with Crippen molar-refractivity contribution in [3.63, 3.8) is 0 Å². The van der Waals surface area contributed by atoms with Gasteiger partial charge in [0.05, 0.1) is 18.6 Å². The first kappa shape index (κ1) is 29.7. The van der Waals surface area contributed by atoms with Crippen molar-refractivity contribution in [2.75, 3.05) is 30.3 Å². The van der Waals surface area contributed by atoms with Gasteiger partial charge in [-0.2, -0.15) is 0 Å². The standard InChI is InChI=1S/C25H33Cl2N3O5S/c1-5-7-15-28-25(32)18(3)29(16-21-22(26)9-8-10-23(21)27)24(31)17-30(36(4,33)34)19-11-13-20(14-12-19)35-6-2/h8-14,18H,5-7,15-17H2,1-4H3,(H,28,32)/t18-/m1/s1. The third-order valence-corrected chi connectivity index (χ3v) is 7.35. The van der Waals surface area contributed by atoms with Gasteiger partial charge in [-0.25, -0.2) is 8.42 Å². The highest BCUT2D eigenvalue weighted by Gasteiger charge is 2.30. The number of nitrogens with zero attached hydrogens (tertiary/aromatic N) is 2. The van der Waals surface area contributed by atoms with Crippen molar-refractivity contribution in [3.05, 3.63) is 58.1 Å². The molecule has 2 aromatic carbocycles. The highest BCUT2D eigenvalue weighted by molar-refractivity contribution is 7.92. The summed E-state index contributed by atoms with van der Waals surface area (Å²) in [5.41, 5.74) is 0.763. The summed E-state index contributed by atoms with van der Waals surface area (Å²) in [6.07, 6.45) is 2.72. The lowest BCUT2D eigenvalue weighted by atomic mass is 10.1. The van der Waals surface area contributed by atoms with E-state index in [9.17, 15) is 18.0 Å². The Bertz CT molecular complexity index is 1120. The fourth-order valence-corrected chi connectivity index (χ4v) is 4.83. The monoisotopic (exact) mass is 557 g/mol. The van der Waals surface area contributed by atoms with Crippen molar-refractivity contribution in [1.29, 1.82) is 0 Å². The molecule has 8 nitrogen and oxygen atoms in total. The number of sulfonamides is 1. The van der Waals surface area contributed by atoms with Gasteiger partial charge in [0.2, 0.25) is 21.8 Å². The van der Waals surface area contributed by atoms with E-state index in [0.717, 1.165) is 23.4 Å². The fraction of sp³-hybridized carbons (Fsp3) is 0.440. The number of unbranched alkanes of at least 4 members (excludes halogenated alkanes) is 1. The van der Waals surface area contributed by atoms with E-state index in [4.69, 9.17) is 27.9 Å². The van der Waals surface area contributed by atoms with E-state index in [0.29, 0.717) is 40.2 Å². The molecular weight excluding hydrogens is 525 g/mol. The van der Waals surface area contributed by atoms with Crippen molar-refractivity contribution in [1.82, 2.24) is 10.2 Å². The average Bonchev–Trinajstić information content (AvgIpc) is 2.82. The maximum atomic E-state index is 13.6. The zero-order chi connectivity index (χ0) is 26.9. The van der Waals surface area contributed by atoms with Crippen LogP contribution in [0.4, 0.5) is 5.69 Å². The topological polar surface area (TPSA) is 96.0 Å². The van der Waals surface area contributed by atoms with Crippen LogP contribution in [-0.4, -0.2) is 57.1 Å². The first-order chi connectivity index (χ1) is 17.0. The molecule has 0 saturated carbocycles. The summed E-state index contributed by atoms with van der Waals surface area (Å²) in [7, 11) is -3.83. The highest BCUT2D eigenvalue weighted by atomic mass is 35.5. The minimum atomic E-state index is -3.83. The SMILES string of the molecule is CCCCNC(=O)[C@@H](C)N(Cc1c(Cl)cccc1Cl)C(=O)CN(c1ccc(OCC)cc1)S(C)(=O)=O. The fourth-order valence-electron chi connectivity index (χ4n) is 3.46. The summed E-state index contributed by atoms with van der Waals surface area (Å²) >= 11 is 12.7. The van der Waals surface area contributed by atoms with Crippen LogP contribution in [0.2, 0.25) is 10.0 Å². The van der Waals surface area contributed by atoms with E-state index in [1.165, 1.54) is 4.90 Å². The molecule has 2 amide bonds. The molecule has 0 spiro atoms. The maximum absolute atomic E-state index is 13.6. The Kier molecular flexibility index (Phi) is 11.3. The molecule has 2 rings (SSSR count). The summed E-state index contributed by atoms with van der Waals surface area (Å²) in [5.74, 6) is -0.358. The normalized spacial score (nSPS) is 12.1. The molecule has 0 heterocycles. The van der Waals surface area contributed by atoms with Gasteiger partial charge < -0.3 is 15.0 Å². The molecule has 0 aliphatic rings. The van der Waals surface area contributed by atoms with Crippen molar-refractivity contribution in [2.45, 2.75) is 46.2 Å². The average molecular weight is 559 g/mol. The molecule has 11 heteroatoms. The number of carbonyl (C=O) groups is 2. The second-order valence-corrected chi connectivity index (χ2v) is 11.0. The Hall–Kier alpha value is -2.49. The van der Waals surface area contributed by atoms with Crippen LogP contribution in [-0.2, 0) is 26.2 Å². The van der Waals surface area contributed by atoms with E-state index < -0.39 is 28.5 Å². The van der Waals surface area contributed by atoms with Gasteiger partial charge in [0.1, 0.15) is 18.3 Å². The van der Waals surface area contributed by atoms with Crippen molar-refractivity contribution in [2.24, 2.45) is 0 Å². The van der Waals surface area contributed by atoms with Crippen LogP contribution in [0.3, 0.4) is 0 Å². The first-order valence-corrected chi connectivity index (χ1v) is 14.3. The number of hydrogen-bond donors (Lipinski definition) is 1. The predicted molar refractivity (Wildman–Crippen MR) is 144 cm³/mol. The minimum absolute atomic E-state index is 0.0689. The quantitative estimate of drug-likeness (QED) is 0.366. The van der Waals surface area contributed by atoms with Crippen LogP contribution in [0, 0.1) is 0 Å². The largest absolute Gasteiger partial charge is 0.494 e. The molecule has 0 saturated heterocycles. The second-order valence-electron chi connectivity index (χ2n) is 8.24. The van der Waals surface area contributed by atoms with Crippen LogP contribution < -0.4 is 14.4 Å². The van der Waals surface area contributed by atoms with Crippen LogP contribution in [0.15, 0.2) is 42.5 Å². The van der Waals surface area contributed by atoms with Crippen LogP contribution in [0.25, 0.3) is 0 Å². The summed E-state index contributed by atoms with van der Waals surface area (Å²) in [6, 6.07) is 10.5. The molecule has 198 valence electrons. The molecule has 0 aromatic heterocycles. The Morgan fingerprint density at radius 1 is 1.06 bits per heavy atom. The minimum Gasteiger partial charge on any atom is -0.494 e.